The highest BCUT2D eigenvalue weighted by Gasteiger charge is 2.05. The second-order valence-corrected chi connectivity index (χ2v) is 7.01. The van der Waals surface area contributed by atoms with Crippen molar-refractivity contribution < 1.29 is 4.39 Å². The summed E-state index contributed by atoms with van der Waals surface area (Å²) in [5.74, 6) is -0.220. The van der Waals surface area contributed by atoms with Crippen LogP contribution in [0.25, 0.3) is 10.9 Å². The van der Waals surface area contributed by atoms with E-state index in [2.05, 4.69) is 15.6 Å². The first kappa shape index (κ1) is 17.8. The van der Waals surface area contributed by atoms with Crippen molar-refractivity contribution in [2.45, 2.75) is 6.54 Å². The molecule has 0 bridgehead atoms. The molecule has 2 nitrogen and oxygen atoms in total. The van der Waals surface area contributed by atoms with Crippen molar-refractivity contribution >= 4 is 46.0 Å². The maximum absolute atomic E-state index is 13.4. The minimum Gasteiger partial charge on any atom is -0.343 e. The Morgan fingerprint density at radius 1 is 0.963 bits per heavy atom. The van der Waals surface area contributed by atoms with Gasteiger partial charge in [0.25, 0.3) is 0 Å². The molecule has 0 unspecified atom stereocenters. The van der Waals surface area contributed by atoms with Crippen LogP contribution in [0.4, 0.5) is 10.1 Å². The molecule has 0 spiro atoms. The molecule has 0 saturated heterocycles. The van der Waals surface area contributed by atoms with E-state index in [-0.39, 0.29) is 5.82 Å². The lowest BCUT2D eigenvalue weighted by atomic mass is 10.1. The molecule has 1 heterocycles. The van der Waals surface area contributed by atoms with Crippen LogP contribution >= 0.6 is 23.2 Å². The third-order valence-electron chi connectivity index (χ3n) is 4.32. The lowest BCUT2D eigenvalue weighted by molar-refractivity contribution is 0.624. The van der Waals surface area contributed by atoms with Gasteiger partial charge in [-0.05, 0) is 53.6 Å². The Labute approximate surface area is 166 Å². The minimum atomic E-state index is -0.220. The van der Waals surface area contributed by atoms with Crippen molar-refractivity contribution in [3.8, 4) is 0 Å². The molecule has 0 fully saturated rings. The largest absolute Gasteiger partial charge is 0.343 e. The van der Waals surface area contributed by atoms with Gasteiger partial charge in [-0.15, -0.1) is 0 Å². The Morgan fingerprint density at radius 2 is 1.81 bits per heavy atom. The standard InChI is InChI=1S/C22H15Cl2FN2/c23-19-5-2-6-20(22(19)24)26-13-15-7-8-21-17(11-15)9-10-27(21)14-16-3-1-4-18(25)12-16/h1-13H,14H2. The van der Waals surface area contributed by atoms with Gasteiger partial charge in [-0.1, -0.05) is 47.5 Å². The molecule has 134 valence electrons. The molecular weight excluding hydrogens is 382 g/mol. The van der Waals surface area contributed by atoms with Gasteiger partial charge < -0.3 is 4.57 Å². The van der Waals surface area contributed by atoms with E-state index < -0.39 is 0 Å². The van der Waals surface area contributed by atoms with Crippen LogP contribution < -0.4 is 0 Å². The highest BCUT2D eigenvalue weighted by atomic mass is 35.5. The molecule has 0 aliphatic carbocycles. The second kappa shape index (κ2) is 7.55. The highest BCUT2D eigenvalue weighted by molar-refractivity contribution is 6.43. The van der Waals surface area contributed by atoms with Gasteiger partial charge in [0.2, 0.25) is 0 Å². The smallest absolute Gasteiger partial charge is 0.123 e. The monoisotopic (exact) mass is 396 g/mol. The summed E-state index contributed by atoms with van der Waals surface area (Å²) in [5, 5.41) is 2.02. The summed E-state index contributed by atoms with van der Waals surface area (Å²) in [7, 11) is 0. The molecule has 0 amide bonds. The molecule has 0 radical (unpaired) electrons. The second-order valence-electron chi connectivity index (χ2n) is 6.22. The molecule has 4 rings (SSSR count). The molecule has 0 atom stereocenters. The molecular formula is C22H15Cl2FN2. The zero-order chi connectivity index (χ0) is 18.8. The van der Waals surface area contributed by atoms with Crippen LogP contribution in [-0.2, 0) is 6.54 Å². The van der Waals surface area contributed by atoms with Gasteiger partial charge in [-0.25, -0.2) is 4.39 Å². The van der Waals surface area contributed by atoms with Crippen molar-refractivity contribution in [1.29, 1.82) is 0 Å². The van der Waals surface area contributed by atoms with Gasteiger partial charge in [0.05, 0.1) is 15.7 Å². The Balaban J connectivity index is 1.60. The third-order valence-corrected chi connectivity index (χ3v) is 5.13. The first-order chi connectivity index (χ1) is 13.1. The molecule has 0 aliphatic rings. The minimum absolute atomic E-state index is 0.220. The predicted molar refractivity (Wildman–Crippen MR) is 111 cm³/mol. The summed E-state index contributed by atoms with van der Waals surface area (Å²) in [6, 6.07) is 20.2. The molecule has 0 aliphatic heterocycles. The van der Waals surface area contributed by atoms with Gasteiger partial charge in [0.1, 0.15) is 5.82 Å². The fourth-order valence-corrected chi connectivity index (χ4v) is 3.35. The Bertz CT molecular complexity index is 1150. The van der Waals surface area contributed by atoms with Crippen molar-refractivity contribution in [3.63, 3.8) is 0 Å². The molecule has 4 aromatic rings. The zero-order valence-electron chi connectivity index (χ0n) is 14.2. The van der Waals surface area contributed by atoms with Crippen LogP contribution in [0.1, 0.15) is 11.1 Å². The number of aliphatic imine (C=N–C) groups is 1. The average Bonchev–Trinajstić information content (AvgIpc) is 3.05. The SMILES string of the molecule is Fc1cccc(Cn2ccc3cc(C=Nc4cccc(Cl)c4Cl)ccc32)c1. The van der Waals surface area contributed by atoms with E-state index in [1.54, 1.807) is 24.4 Å². The highest BCUT2D eigenvalue weighted by Crippen LogP contribution is 2.31. The number of hydrogen-bond donors (Lipinski definition) is 0. The number of fused-ring (bicyclic) bond motifs is 1. The predicted octanol–water partition coefficient (Wildman–Crippen LogP) is 6.89. The zero-order valence-corrected chi connectivity index (χ0v) is 15.8. The molecule has 1 aromatic heterocycles. The van der Waals surface area contributed by atoms with Crippen molar-refractivity contribution in [2.75, 3.05) is 0 Å². The molecule has 27 heavy (non-hydrogen) atoms. The fraction of sp³-hybridized carbons (Fsp3) is 0.0455. The number of nitrogens with zero attached hydrogens (tertiary/aromatic N) is 2. The van der Waals surface area contributed by atoms with Gasteiger partial charge in [-0.2, -0.15) is 0 Å². The number of aromatic nitrogens is 1. The first-order valence-electron chi connectivity index (χ1n) is 8.41. The van der Waals surface area contributed by atoms with E-state index >= 15 is 0 Å². The van der Waals surface area contributed by atoms with E-state index in [0.29, 0.717) is 22.3 Å². The average molecular weight is 397 g/mol. The summed E-state index contributed by atoms with van der Waals surface area (Å²) in [6.45, 7) is 0.618. The molecule has 0 saturated carbocycles. The first-order valence-corrected chi connectivity index (χ1v) is 9.17. The maximum atomic E-state index is 13.4. The lowest BCUT2D eigenvalue weighted by Gasteiger charge is -2.06. The number of rotatable bonds is 4. The van der Waals surface area contributed by atoms with Gasteiger partial charge in [-0.3, -0.25) is 4.99 Å². The summed E-state index contributed by atoms with van der Waals surface area (Å²) in [4.78, 5) is 4.44. The third kappa shape index (κ3) is 3.90. The van der Waals surface area contributed by atoms with Crippen LogP contribution in [-0.4, -0.2) is 10.8 Å². The molecule has 3 aromatic carbocycles. The van der Waals surface area contributed by atoms with E-state index in [4.69, 9.17) is 23.2 Å². The van der Waals surface area contributed by atoms with Crippen LogP contribution in [0.15, 0.2) is 77.9 Å². The van der Waals surface area contributed by atoms with Gasteiger partial charge >= 0.3 is 0 Å². The van der Waals surface area contributed by atoms with Crippen LogP contribution in [0, 0.1) is 5.82 Å². The quantitative estimate of drug-likeness (QED) is 0.334. The van der Waals surface area contributed by atoms with E-state index in [9.17, 15) is 4.39 Å². The summed E-state index contributed by atoms with van der Waals surface area (Å²) in [6.07, 6.45) is 3.77. The number of hydrogen-bond acceptors (Lipinski definition) is 1. The number of halogens is 3. The Hall–Kier alpha value is -2.62. The normalized spacial score (nSPS) is 11.5. The fourth-order valence-electron chi connectivity index (χ4n) is 3.01. The van der Waals surface area contributed by atoms with Gasteiger partial charge in [0.15, 0.2) is 0 Å². The molecule has 0 N–H and O–H groups in total. The van der Waals surface area contributed by atoms with Crippen molar-refractivity contribution in [3.05, 3.63) is 99.9 Å². The Morgan fingerprint density at radius 3 is 2.67 bits per heavy atom. The number of benzene rings is 3. The van der Waals surface area contributed by atoms with Crippen LogP contribution in [0.5, 0.6) is 0 Å². The van der Waals surface area contributed by atoms with E-state index in [1.165, 1.54) is 6.07 Å². The molecule has 5 heteroatoms. The van der Waals surface area contributed by atoms with Crippen LogP contribution in [0.2, 0.25) is 10.0 Å². The van der Waals surface area contributed by atoms with Crippen molar-refractivity contribution in [1.82, 2.24) is 4.57 Å². The Kier molecular flexibility index (Phi) is 4.97. The van der Waals surface area contributed by atoms with E-state index in [0.717, 1.165) is 22.0 Å². The van der Waals surface area contributed by atoms with Crippen molar-refractivity contribution in [2.24, 2.45) is 4.99 Å². The van der Waals surface area contributed by atoms with Crippen LogP contribution in [0.3, 0.4) is 0 Å². The summed E-state index contributed by atoms with van der Waals surface area (Å²) < 4.78 is 15.5. The summed E-state index contributed by atoms with van der Waals surface area (Å²) >= 11 is 12.2. The lowest BCUT2D eigenvalue weighted by Crippen LogP contribution is -1.98. The summed E-state index contributed by atoms with van der Waals surface area (Å²) in [5.41, 5.74) is 3.60. The van der Waals surface area contributed by atoms with E-state index in [1.807, 2.05) is 42.6 Å². The maximum Gasteiger partial charge on any atom is 0.123 e. The van der Waals surface area contributed by atoms with Gasteiger partial charge in [0, 0.05) is 29.9 Å². The topological polar surface area (TPSA) is 17.3 Å².